The van der Waals surface area contributed by atoms with Gasteiger partial charge in [-0.25, -0.2) is 14.6 Å². The summed E-state index contributed by atoms with van der Waals surface area (Å²) in [5.74, 6) is -1.36. The number of fused-ring (bicyclic) bond motifs is 1. The SMILES string of the molecule is CCOC(=O)OC(C)OC(=O)C1CCCN2CCCC(NC(CCc3ccccc3)C(=O)OCC)C(=O)N12. The van der Waals surface area contributed by atoms with Crippen LogP contribution < -0.4 is 5.32 Å². The van der Waals surface area contributed by atoms with Crippen LogP contribution in [0.5, 0.6) is 0 Å². The molecule has 2 aliphatic heterocycles. The third-order valence-corrected chi connectivity index (χ3v) is 6.54. The number of hydrazine groups is 1. The summed E-state index contributed by atoms with van der Waals surface area (Å²) < 4.78 is 20.3. The van der Waals surface area contributed by atoms with E-state index in [0.29, 0.717) is 51.6 Å². The Morgan fingerprint density at radius 3 is 2.37 bits per heavy atom. The highest BCUT2D eigenvalue weighted by Gasteiger charge is 2.43. The van der Waals surface area contributed by atoms with Crippen LogP contribution in [-0.2, 0) is 39.8 Å². The third kappa shape index (κ3) is 8.16. The molecule has 3 rings (SSSR count). The maximum absolute atomic E-state index is 13.8. The number of aryl methyl sites for hydroxylation is 1. The molecular weight excluding hydrogens is 494 g/mol. The van der Waals surface area contributed by atoms with E-state index in [-0.39, 0.29) is 19.1 Å². The number of esters is 2. The standard InChI is InChI=1S/C27H39N3O8/c1-4-35-25(32)22(16-15-20-11-7-6-8-12-20)28-21-13-9-17-29-18-10-14-23(30(29)24(21)31)26(33)37-19(3)38-27(34)36-5-2/h6-8,11-12,19,21-23,28H,4-5,9-10,13-18H2,1-3H3. The number of ether oxygens (including phenoxy) is 4. The number of carbonyl (C=O) groups excluding carboxylic acids is 4. The van der Waals surface area contributed by atoms with Crippen LogP contribution in [0.3, 0.4) is 0 Å². The second kappa shape index (κ2) is 14.7. The van der Waals surface area contributed by atoms with Crippen molar-refractivity contribution in [2.75, 3.05) is 26.3 Å². The maximum atomic E-state index is 13.8. The largest absolute Gasteiger partial charge is 0.511 e. The lowest BCUT2D eigenvalue weighted by Gasteiger charge is -2.43. The van der Waals surface area contributed by atoms with E-state index in [4.69, 9.17) is 18.9 Å². The predicted octanol–water partition coefficient (Wildman–Crippen LogP) is 2.57. The molecule has 0 aromatic heterocycles. The zero-order valence-electron chi connectivity index (χ0n) is 22.4. The molecule has 2 saturated heterocycles. The summed E-state index contributed by atoms with van der Waals surface area (Å²) in [7, 11) is 0. The van der Waals surface area contributed by atoms with Gasteiger partial charge in [0.1, 0.15) is 12.1 Å². The molecular formula is C27H39N3O8. The van der Waals surface area contributed by atoms with Crippen LogP contribution in [0.4, 0.5) is 4.79 Å². The molecule has 0 bridgehead atoms. The molecule has 11 nitrogen and oxygen atoms in total. The van der Waals surface area contributed by atoms with Gasteiger partial charge in [0.25, 0.3) is 5.91 Å². The first-order chi connectivity index (χ1) is 18.3. The summed E-state index contributed by atoms with van der Waals surface area (Å²) >= 11 is 0. The highest BCUT2D eigenvalue weighted by molar-refractivity contribution is 5.88. The van der Waals surface area contributed by atoms with Gasteiger partial charge in [-0.05, 0) is 57.9 Å². The number of rotatable bonds is 11. The van der Waals surface area contributed by atoms with Crippen molar-refractivity contribution in [2.45, 2.75) is 83.7 Å². The Balaban J connectivity index is 1.71. The van der Waals surface area contributed by atoms with Crippen LogP contribution in [0.15, 0.2) is 30.3 Å². The molecule has 1 N–H and O–H groups in total. The molecule has 2 aliphatic rings. The van der Waals surface area contributed by atoms with Crippen molar-refractivity contribution in [2.24, 2.45) is 0 Å². The number of nitrogens with one attached hydrogen (secondary N) is 1. The summed E-state index contributed by atoms with van der Waals surface area (Å²) in [6.45, 7) is 6.39. The molecule has 4 unspecified atom stereocenters. The van der Waals surface area contributed by atoms with Crippen LogP contribution in [0, 0.1) is 0 Å². The van der Waals surface area contributed by atoms with Gasteiger partial charge in [-0.3, -0.25) is 19.9 Å². The Morgan fingerprint density at radius 1 is 1.00 bits per heavy atom. The molecule has 1 aromatic carbocycles. The minimum absolute atomic E-state index is 0.131. The van der Waals surface area contributed by atoms with Crippen molar-refractivity contribution in [3.63, 3.8) is 0 Å². The third-order valence-electron chi connectivity index (χ3n) is 6.54. The summed E-state index contributed by atoms with van der Waals surface area (Å²) in [6.07, 6.45) is 1.33. The lowest BCUT2D eigenvalue weighted by Crippen LogP contribution is -2.62. The van der Waals surface area contributed by atoms with E-state index < -0.39 is 42.5 Å². The van der Waals surface area contributed by atoms with Gasteiger partial charge in [-0.15, -0.1) is 0 Å². The summed E-state index contributed by atoms with van der Waals surface area (Å²) in [5, 5.41) is 6.58. The molecule has 0 saturated carbocycles. The average Bonchev–Trinajstić information content (AvgIpc) is 3.05. The van der Waals surface area contributed by atoms with Crippen LogP contribution in [0.25, 0.3) is 0 Å². The summed E-state index contributed by atoms with van der Waals surface area (Å²) in [4.78, 5) is 51.2. The minimum atomic E-state index is -1.17. The van der Waals surface area contributed by atoms with Gasteiger partial charge in [-0.2, -0.15) is 0 Å². The first-order valence-electron chi connectivity index (χ1n) is 13.4. The Hall–Kier alpha value is -3.18. The van der Waals surface area contributed by atoms with Crippen LogP contribution >= 0.6 is 0 Å². The fraction of sp³-hybridized carbons (Fsp3) is 0.630. The number of nitrogens with zero attached hydrogens (tertiary/aromatic N) is 2. The van der Waals surface area contributed by atoms with E-state index in [1.807, 2.05) is 35.3 Å². The fourth-order valence-electron chi connectivity index (χ4n) is 4.80. The van der Waals surface area contributed by atoms with Gasteiger partial charge in [-0.1, -0.05) is 30.3 Å². The molecule has 210 valence electrons. The van der Waals surface area contributed by atoms with Gasteiger partial charge in [0.2, 0.25) is 6.29 Å². The topological polar surface area (TPSA) is 124 Å². The van der Waals surface area contributed by atoms with E-state index in [0.717, 1.165) is 5.56 Å². The second-order valence-electron chi connectivity index (χ2n) is 9.29. The highest BCUT2D eigenvalue weighted by atomic mass is 16.8. The van der Waals surface area contributed by atoms with E-state index >= 15 is 0 Å². The molecule has 4 atom stereocenters. The molecule has 0 spiro atoms. The molecule has 0 radical (unpaired) electrons. The summed E-state index contributed by atoms with van der Waals surface area (Å²) in [6, 6.07) is 7.60. The van der Waals surface area contributed by atoms with Crippen molar-refractivity contribution < 1.29 is 38.1 Å². The number of carbonyl (C=O) groups is 4. The van der Waals surface area contributed by atoms with Crippen molar-refractivity contribution >= 4 is 24.0 Å². The van der Waals surface area contributed by atoms with Crippen molar-refractivity contribution in [1.82, 2.24) is 15.3 Å². The second-order valence-corrected chi connectivity index (χ2v) is 9.29. The lowest BCUT2D eigenvalue weighted by atomic mass is 10.0. The smallest absolute Gasteiger partial charge is 0.465 e. The van der Waals surface area contributed by atoms with Gasteiger partial charge in [0, 0.05) is 20.0 Å². The normalized spacial score (nSPS) is 21.4. The number of hydrogen-bond donors (Lipinski definition) is 1. The Morgan fingerprint density at radius 2 is 1.68 bits per heavy atom. The first kappa shape index (κ1) is 29.4. The number of hydrogen-bond acceptors (Lipinski definition) is 10. The molecule has 11 heteroatoms. The van der Waals surface area contributed by atoms with E-state index in [9.17, 15) is 19.2 Å². The molecule has 0 aliphatic carbocycles. The number of benzene rings is 1. The van der Waals surface area contributed by atoms with Crippen LogP contribution in [0.1, 0.15) is 58.4 Å². The van der Waals surface area contributed by atoms with Gasteiger partial charge >= 0.3 is 18.1 Å². The molecule has 2 fully saturated rings. The maximum Gasteiger partial charge on any atom is 0.511 e. The Bertz CT molecular complexity index is 944. The van der Waals surface area contributed by atoms with Crippen LogP contribution in [0.2, 0.25) is 0 Å². The summed E-state index contributed by atoms with van der Waals surface area (Å²) in [5.41, 5.74) is 1.08. The van der Waals surface area contributed by atoms with Crippen LogP contribution in [-0.4, -0.2) is 84.7 Å². The van der Waals surface area contributed by atoms with Gasteiger partial charge in [0.15, 0.2) is 0 Å². The van der Waals surface area contributed by atoms with Gasteiger partial charge < -0.3 is 18.9 Å². The highest BCUT2D eigenvalue weighted by Crippen LogP contribution is 2.25. The average molecular weight is 534 g/mol. The zero-order chi connectivity index (χ0) is 27.5. The van der Waals surface area contributed by atoms with E-state index in [1.165, 1.54) is 11.9 Å². The first-order valence-corrected chi connectivity index (χ1v) is 13.4. The van der Waals surface area contributed by atoms with E-state index in [2.05, 4.69) is 5.32 Å². The molecule has 2 heterocycles. The monoisotopic (exact) mass is 533 g/mol. The quantitative estimate of drug-likeness (QED) is 0.258. The zero-order valence-corrected chi connectivity index (χ0v) is 22.4. The predicted molar refractivity (Wildman–Crippen MR) is 136 cm³/mol. The minimum Gasteiger partial charge on any atom is -0.465 e. The fourth-order valence-corrected chi connectivity index (χ4v) is 4.80. The Labute approximate surface area is 223 Å². The van der Waals surface area contributed by atoms with E-state index in [1.54, 1.807) is 13.8 Å². The molecule has 1 aromatic rings. The van der Waals surface area contributed by atoms with Crippen molar-refractivity contribution in [3.05, 3.63) is 35.9 Å². The number of amides is 1. The Kier molecular flexibility index (Phi) is 11.3. The molecule has 38 heavy (non-hydrogen) atoms. The van der Waals surface area contributed by atoms with Crippen molar-refractivity contribution in [3.8, 4) is 0 Å². The van der Waals surface area contributed by atoms with Gasteiger partial charge in [0.05, 0.1) is 19.3 Å². The molecule has 1 amide bonds. The van der Waals surface area contributed by atoms with Crippen molar-refractivity contribution in [1.29, 1.82) is 0 Å². The lowest BCUT2D eigenvalue weighted by molar-refractivity contribution is -0.191.